The first-order chi connectivity index (χ1) is 7.70. The molecule has 0 heterocycles. The monoisotopic (exact) mass is 244 g/mol. The van der Waals surface area contributed by atoms with Crippen LogP contribution in [0.15, 0.2) is 0 Å². The van der Waals surface area contributed by atoms with E-state index >= 15 is 0 Å². The van der Waals surface area contributed by atoms with Crippen molar-refractivity contribution < 1.29 is 14.7 Å². The van der Waals surface area contributed by atoms with Gasteiger partial charge in [-0.2, -0.15) is 0 Å². The molecule has 0 bridgehead atoms. The van der Waals surface area contributed by atoms with Crippen LogP contribution in [0.4, 0.5) is 0 Å². The molecule has 100 valence electrons. The molecule has 4 N–H and O–H groups in total. The molecule has 0 saturated carbocycles. The average Bonchev–Trinajstić information content (AvgIpc) is 2.19. The molecular formula is C12H24N2O3. The van der Waals surface area contributed by atoms with E-state index < -0.39 is 23.5 Å². The van der Waals surface area contributed by atoms with Crippen molar-refractivity contribution in [1.82, 2.24) is 5.32 Å². The van der Waals surface area contributed by atoms with Crippen molar-refractivity contribution in [2.75, 3.05) is 0 Å². The molecule has 0 aliphatic carbocycles. The highest BCUT2D eigenvalue weighted by Gasteiger charge is 2.33. The lowest BCUT2D eigenvalue weighted by Gasteiger charge is -2.28. The van der Waals surface area contributed by atoms with Gasteiger partial charge in [-0.25, -0.2) is 4.79 Å². The molecule has 0 spiro atoms. The third kappa shape index (κ3) is 5.68. The zero-order chi connectivity index (χ0) is 13.6. The fraction of sp³-hybridized carbons (Fsp3) is 0.833. The summed E-state index contributed by atoms with van der Waals surface area (Å²) in [4.78, 5) is 22.8. The Morgan fingerprint density at radius 2 is 1.88 bits per heavy atom. The lowest BCUT2D eigenvalue weighted by Crippen LogP contribution is -2.53. The van der Waals surface area contributed by atoms with Crippen LogP contribution in [-0.2, 0) is 9.59 Å². The summed E-state index contributed by atoms with van der Waals surface area (Å²) in [5.41, 5.74) is 5.15. The number of amides is 1. The third-order valence-corrected chi connectivity index (χ3v) is 2.61. The molecular weight excluding hydrogens is 220 g/mol. The largest absolute Gasteiger partial charge is 0.480 e. The van der Waals surface area contributed by atoms with Crippen LogP contribution < -0.4 is 11.1 Å². The molecule has 0 aromatic carbocycles. The van der Waals surface area contributed by atoms with E-state index in [1.165, 1.54) is 0 Å². The molecule has 0 aromatic rings. The summed E-state index contributed by atoms with van der Waals surface area (Å²) < 4.78 is 0. The second-order valence-electron chi connectivity index (χ2n) is 5.39. The van der Waals surface area contributed by atoms with Gasteiger partial charge in [0, 0.05) is 0 Å². The van der Waals surface area contributed by atoms with Gasteiger partial charge in [-0.3, -0.25) is 4.79 Å². The highest BCUT2D eigenvalue weighted by Crippen LogP contribution is 2.19. The average molecular weight is 244 g/mol. The molecule has 0 rings (SSSR count). The highest BCUT2D eigenvalue weighted by atomic mass is 16.4. The standard InChI is InChI=1S/C12H24N2O3/c1-5-6-7-8(13)10(15)14-9(11(16)17)12(2,3)4/h8-9H,5-7,13H2,1-4H3,(H,14,15)(H,16,17)/t8?,9-/m1/s1. The number of carbonyl (C=O) groups excluding carboxylic acids is 1. The minimum absolute atomic E-state index is 0.388. The topological polar surface area (TPSA) is 92.4 Å². The van der Waals surface area contributed by atoms with Crippen molar-refractivity contribution in [3.63, 3.8) is 0 Å². The van der Waals surface area contributed by atoms with E-state index in [2.05, 4.69) is 5.32 Å². The first-order valence-electron chi connectivity index (χ1n) is 5.99. The molecule has 0 fully saturated rings. The predicted octanol–water partition coefficient (Wildman–Crippen LogP) is 1.12. The van der Waals surface area contributed by atoms with Crippen LogP contribution in [0.25, 0.3) is 0 Å². The number of hydrogen-bond acceptors (Lipinski definition) is 3. The van der Waals surface area contributed by atoms with Gasteiger partial charge in [0.2, 0.25) is 5.91 Å². The molecule has 1 unspecified atom stereocenters. The number of carboxylic acids is 1. The van der Waals surface area contributed by atoms with Gasteiger partial charge in [-0.15, -0.1) is 0 Å². The summed E-state index contributed by atoms with van der Waals surface area (Å²) in [5, 5.41) is 11.6. The van der Waals surface area contributed by atoms with Crippen LogP contribution in [0, 0.1) is 5.41 Å². The van der Waals surface area contributed by atoms with Gasteiger partial charge >= 0.3 is 5.97 Å². The van der Waals surface area contributed by atoms with Gasteiger partial charge in [0.05, 0.1) is 6.04 Å². The summed E-state index contributed by atoms with van der Waals surface area (Å²) in [7, 11) is 0. The molecule has 5 nitrogen and oxygen atoms in total. The summed E-state index contributed by atoms with van der Waals surface area (Å²) in [6.07, 6.45) is 2.41. The van der Waals surface area contributed by atoms with Crippen LogP contribution in [-0.4, -0.2) is 29.1 Å². The fourth-order valence-corrected chi connectivity index (χ4v) is 1.45. The maximum atomic E-state index is 11.7. The Labute approximate surface area is 103 Å². The first-order valence-corrected chi connectivity index (χ1v) is 5.99. The third-order valence-electron chi connectivity index (χ3n) is 2.61. The Hall–Kier alpha value is -1.10. The zero-order valence-electron chi connectivity index (χ0n) is 11.1. The van der Waals surface area contributed by atoms with Crippen LogP contribution in [0.3, 0.4) is 0 Å². The SMILES string of the molecule is CCCCC(N)C(=O)N[C@H](C(=O)O)C(C)(C)C. The van der Waals surface area contributed by atoms with Gasteiger partial charge in [0.1, 0.15) is 6.04 Å². The van der Waals surface area contributed by atoms with Crippen LogP contribution in [0.2, 0.25) is 0 Å². The van der Waals surface area contributed by atoms with Crippen molar-refractivity contribution in [3.05, 3.63) is 0 Å². The number of unbranched alkanes of at least 4 members (excludes halogenated alkanes) is 1. The Balaban J connectivity index is 4.47. The van der Waals surface area contributed by atoms with Gasteiger partial charge in [0.15, 0.2) is 0 Å². The van der Waals surface area contributed by atoms with Crippen molar-refractivity contribution in [3.8, 4) is 0 Å². The predicted molar refractivity (Wildman–Crippen MR) is 66.5 cm³/mol. The molecule has 0 saturated heterocycles. The normalized spacial score (nSPS) is 15.1. The van der Waals surface area contributed by atoms with Crippen molar-refractivity contribution in [2.45, 2.75) is 59.0 Å². The maximum Gasteiger partial charge on any atom is 0.326 e. The quantitative estimate of drug-likeness (QED) is 0.652. The van der Waals surface area contributed by atoms with E-state index in [0.29, 0.717) is 6.42 Å². The van der Waals surface area contributed by atoms with Gasteiger partial charge in [-0.1, -0.05) is 40.5 Å². The van der Waals surface area contributed by atoms with E-state index in [1.807, 2.05) is 6.92 Å². The second kappa shape index (κ2) is 6.59. The summed E-state index contributed by atoms with van der Waals surface area (Å²) in [6.45, 7) is 7.32. The molecule has 5 heteroatoms. The Morgan fingerprint density at radius 1 is 1.35 bits per heavy atom. The first kappa shape index (κ1) is 15.9. The van der Waals surface area contributed by atoms with Gasteiger partial charge in [0.25, 0.3) is 0 Å². The van der Waals surface area contributed by atoms with E-state index in [-0.39, 0.29) is 5.91 Å². The van der Waals surface area contributed by atoms with Crippen molar-refractivity contribution in [1.29, 1.82) is 0 Å². The summed E-state index contributed by atoms with van der Waals surface area (Å²) in [6, 6.07) is -1.54. The number of hydrogen-bond donors (Lipinski definition) is 3. The zero-order valence-corrected chi connectivity index (χ0v) is 11.1. The molecule has 17 heavy (non-hydrogen) atoms. The van der Waals surface area contributed by atoms with E-state index in [9.17, 15) is 9.59 Å². The number of carboxylic acid groups (broad SMARTS) is 1. The minimum Gasteiger partial charge on any atom is -0.480 e. The molecule has 0 aliphatic heterocycles. The lowest BCUT2D eigenvalue weighted by atomic mass is 9.86. The highest BCUT2D eigenvalue weighted by molar-refractivity contribution is 5.87. The van der Waals surface area contributed by atoms with Crippen LogP contribution >= 0.6 is 0 Å². The van der Waals surface area contributed by atoms with Gasteiger partial charge < -0.3 is 16.2 Å². The smallest absolute Gasteiger partial charge is 0.326 e. The molecule has 0 aromatic heterocycles. The number of rotatable bonds is 6. The molecule has 0 aliphatic rings. The molecule has 0 radical (unpaired) electrons. The number of nitrogens with one attached hydrogen (secondary N) is 1. The van der Waals surface area contributed by atoms with Crippen molar-refractivity contribution >= 4 is 11.9 Å². The van der Waals surface area contributed by atoms with Crippen LogP contribution in [0.1, 0.15) is 47.0 Å². The molecule has 2 atom stereocenters. The fourth-order valence-electron chi connectivity index (χ4n) is 1.45. The molecule has 1 amide bonds. The van der Waals surface area contributed by atoms with E-state index in [4.69, 9.17) is 10.8 Å². The summed E-state index contributed by atoms with van der Waals surface area (Å²) >= 11 is 0. The minimum atomic E-state index is -1.03. The Kier molecular flexibility index (Phi) is 6.16. The van der Waals surface area contributed by atoms with Gasteiger partial charge in [-0.05, 0) is 11.8 Å². The van der Waals surface area contributed by atoms with Crippen molar-refractivity contribution in [2.24, 2.45) is 11.1 Å². The van der Waals surface area contributed by atoms with Crippen LogP contribution in [0.5, 0.6) is 0 Å². The summed E-state index contributed by atoms with van der Waals surface area (Å²) in [5.74, 6) is -1.42. The van der Waals surface area contributed by atoms with E-state index in [0.717, 1.165) is 12.8 Å². The lowest BCUT2D eigenvalue weighted by molar-refractivity contribution is -0.145. The number of nitrogens with two attached hydrogens (primary N) is 1. The Morgan fingerprint density at radius 3 is 2.24 bits per heavy atom. The Bertz CT molecular complexity index is 271. The maximum absolute atomic E-state index is 11.7. The second-order valence-corrected chi connectivity index (χ2v) is 5.39. The number of carbonyl (C=O) groups is 2. The number of aliphatic carboxylic acids is 1. The van der Waals surface area contributed by atoms with E-state index in [1.54, 1.807) is 20.8 Å².